The summed E-state index contributed by atoms with van der Waals surface area (Å²) in [5, 5.41) is 13.1. The summed E-state index contributed by atoms with van der Waals surface area (Å²) in [6, 6.07) is 11.7. The van der Waals surface area contributed by atoms with E-state index in [1.807, 2.05) is 36.7 Å². The molecule has 0 aliphatic carbocycles. The summed E-state index contributed by atoms with van der Waals surface area (Å²) >= 11 is 1.63. The molecule has 2 N–H and O–H groups in total. The van der Waals surface area contributed by atoms with E-state index in [4.69, 9.17) is 0 Å². The summed E-state index contributed by atoms with van der Waals surface area (Å²) in [6.07, 6.45) is 0. The lowest BCUT2D eigenvalue weighted by molar-refractivity contribution is 0.469. The van der Waals surface area contributed by atoms with Gasteiger partial charge in [-0.2, -0.15) is 0 Å². The van der Waals surface area contributed by atoms with Crippen LogP contribution in [0.15, 0.2) is 41.9 Å². The molecule has 96 valence electrons. The Bertz CT molecular complexity index is 721. The lowest BCUT2D eigenvalue weighted by Gasteiger charge is -2.09. The Kier molecular flexibility index (Phi) is 3.09. The number of benzene rings is 2. The van der Waals surface area contributed by atoms with Gasteiger partial charge in [-0.25, -0.2) is 4.98 Å². The van der Waals surface area contributed by atoms with Crippen molar-refractivity contribution in [3.63, 3.8) is 0 Å². The topological polar surface area (TPSA) is 45.1 Å². The second-order valence-corrected chi connectivity index (χ2v) is 5.41. The quantitative estimate of drug-likeness (QED) is 0.758. The van der Waals surface area contributed by atoms with Crippen molar-refractivity contribution in [3.8, 4) is 5.75 Å². The first-order valence-electron chi connectivity index (χ1n) is 6.08. The first-order valence-corrected chi connectivity index (χ1v) is 6.96. The van der Waals surface area contributed by atoms with E-state index in [0.717, 1.165) is 22.3 Å². The molecule has 0 aliphatic heterocycles. The minimum Gasteiger partial charge on any atom is -0.508 e. The van der Waals surface area contributed by atoms with Crippen molar-refractivity contribution in [1.29, 1.82) is 0 Å². The first-order chi connectivity index (χ1) is 9.22. The van der Waals surface area contributed by atoms with Crippen LogP contribution in [-0.4, -0.2) is 10.1 Å². The predicted octanol–water partition coefficient (Wildman–Crippen LogP) is 3.92. The van der Waals surface area contributed by atoms with Crippen LogP contribution in [0.4, 0.5) is 5.69 Å². The summed E-state index contributed by atoms with van der Waals surface area (Å²) in [7, 11) is 0. The molecular weight excluding hydrogens is 256 g/mol. The molecular formula is C15H14N2OS. The second-order valence-electron chi connectivity index (χ2n) is 4.52. The molecule has 0 amide bonds. The highest BCUT2D eigenvalue weighted by atomic mass is 32.1. The molecule has 3 rings (SSSR count). The minimum absolute atomic E-state index is 0.331. The molecule has 0 fully saturated rings. The van der Waals surface area contributed by atoms with E-state index < -0.39 is 0 Å². The van der Waals surface area contributed by atoms with Gasteiger partial charge in [-0.15, -0.1) is 11.3 Å². The average molecular weight is 270 g/mol. The molecule has 4 heteroatoms. The highest BCUT2D eigenvalue weighted by molar-refractivity contribution is 7.16. The van der Waals surface area contributed by atoms with Gasteiger partial charge in [0.2, 0.25) is 0 Å². The van der Waals surface area contributed by atoms with Crippen LogP contribution in [0.5, 0.6) is 5.75 Å². The Labute approximate surface area is 115 Å². The maximum atomic E-state index is 9.80. The number of fused-ring (bicyclic) bond motifs is 1. The van der Waals surface area contributed by atoms with E-state index in [9.17, 15) is 5.11 Å². The number of hydrogen-bond acceptors (Lipinski definition) is 4. The number of nitrogens with zero attached hydrogens (tertiary/aromatic N) is 1. The normalized spacial score (nSPS) is 10.8. The molecule has 2 aromatic carbocycles. The van der Waals surface area contributed by atoms with Gasteiger partial charge in [0.1, 0.15) is 5.75 Å². The molecule has 0 spiro atoms. The molecule has 1 aromatic heterocycles. The number of thiazole rings is 1. The van der Waals surface area contributed by atoms with Crippen molar-refractivity contribution >= 4 is 27.2 Å². The third-order valence-corrected chi connectivity index (χ3v) is 3.84. The average Bonchev–Trinajstić information content (AvgIpc) is 2.87. The van der Waals surface area contributed by atoms with Crippen molar-refractivity contribution in [2.45, 2.75) is 13.5 Å². The first kappa shape index (κ1) is 12.0. The fraction of sp³-hybridized carbons (Fsp3) is 0.133. The third kappa shape index (κ3) is 2.53. The third-order valence-electron chi connectivity index (χ3n) is 3.05. The molecule has 19 heavy (non-hydrogen) atoms. The van der Waals surface area contributed by atoms with Gasteiger partial charge in [-0.3, -0.25) is 0 Å². The number of anilines is 1. The van der Waals surface area contributed by atoms with Crippen molar-refractivity contribution in [2.75, 3.05) is 5.32 Å². The zero-order valence-corrected chi connectivity index (χ0v) is 11.4. The number of aryl methyl sites for hydroxylation is 1. The number of phenols is 1. The van der Waals surface area contributed by atoms with Crippen LogP contribution in [0, 0.1) is 6.92 Å². The number of aromatic hydroxyl groups is 1. The van der Waals surface area contributed by atoms with E-state index in [2.05, 4.69) is 16.4 Å². The molecule has 3 aromatic rings. The fourth-order valence-corrected chi connectivity index (χ4v) is 2.73. The number of phenolic OH excluding ortho intramolecular Hbond substituents is 1. The fourth-order valence-electron chi connectivity index (χ4n) is 2.02. The molecule has 0 atom stereocenters. The number of nitrogens with one attached hydrogen (secondary N) is 1. The molecule has 0 saturated carbocycles. The monoisotopic (exact) mass is 270 g/mol. The molecule has 0 aliphatic rings. The molecule has 3 nitrogen and oxygen atoms in total. The molecule has 0 radical (unpaired) electrons. The van der Waals surface area contributed by atoms with E-state index in [-0.39, 0.29) is 0 Å². The largest absolute Gasteiger partial charge is 0.508 e. The highest BCUT2D eigenvalue weighted by Gasteiger charge is 2.02. The number of aromatic nitrogens is 1. The SMILES string of the molecule is Cc1ccc(O)c(CNc2ccc3ncsc3c2)c1. The minimum atomic E-state index is 0.331. The van der Waals surface area contributed by atoms with E-state index in [0.29, 0.717) is 12.3 Å². The summed E-state index contributed by atoms with van der Waals surface area (Å²) in [5.41, 5.74) is 5.96. The van der Waals surface area contributed by atoms with E-state index >= 15 is 0 Å². The maximum Gasteiger partial charge on any atom is 0.120 e. The molecule has 0 unspecified atom stereocenters. The van der Waals surface area contributed by atoms with Gasteiger partial charge in [-0.05, 0) is 31.2 Å². The van der Waals surface area contributed by atoms with Crippen LogP contribution in [0.1, 0.15) is 11.1 Å². The van der Waals surface area contributed by atoms with Gasteiger partial charge in [0.05, 0.1) is 15.7 Å². The van der Waals surface area contributed by atoms with Crippen LogP contribution >= 0.6 is 11.3 Å². The van der Waals surface area contributed by atoms with Gasteiger partial charge in [0.25, 0.3) is 0 Å². The molecule has 0 bridgehead atoms. The summed E-state index contributed by atoms with van der Waals surface area (Å²) < 4.78 is 1.17. The van der Waals surface area contributed by atoms with Crippen molar-refractivity contribution in [3.05, 3.63) is 53.0 Å². The van der Waals surface area contributed by atoms with Crippen LogP contribution in [0.2, 0.25) is 0 Å². The Balaban J connectivity index is 1.79. The van der Waals surface area contributed by atoms with Crippen molar-refractivity contribution in [2.24, 2.45) is 0 Å². The number of rotatable bonds is 3. The van der Waals surface area contributed by atoms with Crippen LogP contribution in [-0.2, 0) is 6.54 Å². The Morgan fingerprint density at radius 3 is 3.00 bits per heavy atom. The maximum absolute atomic E-state index is 9.80. The lowest BCUT2D eigenvalue weighted by Crippen LogP contribution is -1.99. The van der Waals surface area contributed by atoms with Crippen LogP contribution < -0.4 is 5.32 Å². The van der Waals surface area contributed by atoms with E-state index in [1.54, 1.807) is 17.4 Å². The van der Waals surface area contributed by atoms with Gasteiger partial charge >= 0.3 is 0 Å². The number of hydrogen-bond donors (Lipinski definition) is 2. The van der Waals surface area contributed by atoms with Crippen LogP contribution in [0.25, 0.3) is 10.2 Å². The smallest absolute Gasteiger partial charge is 0.120 e. The highest BCUT2D eigenvalue weighted by Crippen LogP contribution is 2.24. The second kappa shape index (κ2) is 4.90. The van der Waals surface area contributed by atoms with Crippen molar-refractivity contribution < 1.29 is 5.11 Å². The zero-order valence-electron chi connectivity index (χ0n) is 10.6. The van der Waals surface area contributed by atoms with Gasteiger partial charge < -0.3 is 10.4 Å². The van der Waals surface area contributed by atoms with Gasteiger partial charge in [0, 0.05) is 17.8 Å². The van der Waals surface area contributed by atoms with Gasteiger partial charge in [0.15, 0.2) is 0 Å². The Morgan fingerprint density at radius 2 is 2.11 bits per heavy atom. The molecule has 0 saturated heterocycles. The summed E-state index contributed by atoms with van der Waals surface area (Å²) in [6.45, 7) is 2.63. The Morgan fingerprint density at radius 1 is 1.21 bits per heavy atom. The van der Waals surface area contributed by atoms with E-state index in [1.165, 1.54) is 4.70 Å². The van der Waals surface area contributed by atoms with Crippen LogP contribution in [0.3, 0.4) is 0 Å². The lowest BCUT2D eigenvalue weighted by atomic mass is 10.1. The summed E-state index contributed by atoms with van der Waals surface area (Å²) in [5.74, 6) is 0.331. The standard InChI is InChI=1S/C15H14N2OS/c1-10-2-5-14(18)11(6-10)8-16-12-3-4-13-15(7-12)19-9-17-13/h2-7,9,16,18H,8H2,1H3. The zero-order chi connectivity index (χ0) is 13.2. The summed E-state index contributed by atoms with van der Waals surface area (Å²) in [4.78, 5) is 4.25. The predicted molar refractivity (Wildman–Crippen MR) is 79.8 cm³/mol. The Hall–Kier alpha value is -2.07. The molecule has 1 heterocycles. The van der Waals surface area contributed by atoms with Crippen molar-refractivity contribution in [1.82, 2.24) is 4.98 Å². The van der Waals surface area contributed by atoms with Gasteiger partial charge in [-0.1, -0.05) is 17.7 Å².